The highest BCUT2D eigenvalue weighted by Crippen LogP contribution is 2.40. The molecule has 0 aliphatic carbocycles. The molecule has 0 radical (unpaired) electrons. The molecule has 0 aliphatic rings. The predicted molar refractivity (Wildman–Crippen MR) is 133 cm³/mol. The molecule has 33 heavy (non-hydrogen) atoms. The van der Waals surface area contributed by atoms with E-state index in [1.54, 1.807) is 6.20 Å². The summed E-state index contributed by atoms with van der Waals surface area (Å²) < 4.78 is 13.8. The van der Waals surface area contributed by atoms with Gasteiger partial charge in [0.1, 0.15) is 5.82 Å². The zero-order chi connectivity index (χ0) is 22.8. The van der Waals surface area contributed by atoms with Gasteiger partial charge in [-0.2, -0.15) is 0 Å². The fraction of sp³-hybridized carbons (Fsp3) is 0.0667. The van der Waals surface area contributed by atoms with E-state index < -0.39 is 0 Å². The summed E-state index contributed by atoms with van der Waals surface area (Å²) in [6.07, 6.45) is 1.79. The molecule has 0 atom stereocenters. The molecule has 2 aromatic heterocycles. The number of benzene rings is 3. The van der Waals surface area contributed by atoms with Crippen LogP contribution in [0.4, 0.5) is 4.39 Å². The second-order valence-electron chi connectivity index (χ2n) is 8.23. The van der Waals surface area contributed by atoms with Crippen molar-refractivity contribution in [3.63, 3.8) is 0 Å². The highest BCUT2D eigenvalue weighted by molar-refractivity contribution is 5.93. The van der Waals surface area contributed by atoms with Crippen LogP contribution in [0.1, 0.15) is 11.1 Å². The van der Waals surface area contributed by atoms with Crippen molar-refractivity contribution >= 4 is 0 Å². The molecule has 5 rings (SSSR count). The lowest BCUT2D eigenvalue weighted by atomic mass is 9.91. The standard InChI is InChI=1S/C30H23FN2/c1-20-6-10-23(11-7-20)28-19-26(22-14-16-25(31)17-15-22)29(27-5-3-4-18-32-27)30(33-28)24-12-8-21(2)9-13-24/h3-19H,1-2H3. The molecule has 0 spiro atoms. The topological polar surface area (TPSA) is 25.8 Å². The smallest absolute Gasteiger partial charge is 0.123 e. The van der Waals surface area contributed by atoms with Crippen LogP contribution < -0.4 is 0 Å². The van der Waals surface area contributed by atoms with Gasteiger partial charge in [0.25, 0.3) is 0 Å². The average molecular weight is 431 g/mol. The molecule has 2 heterocycles. The average Bonchev–Trinajstić information content (AvgIpc) is 2.85. The Morgan fingerprint density at radius 2 is 1.21 bits per heavy atom. The number of nitrogens with zero attached hydrogens (tertiary/aromatic N) is 2. The monoisotopic (exact) mass is 430 g/mol. The van der Waals surface area contributed by atoms with Crippen molar-refractivity contribution in [2.75, 3.05) is 0 Å². The van der Waals surface area contributed by atoms with Crippen molar-refractivity contribution in [1.29, 1.82) is 0 Å². The molecule has 0 unspecified atom stereocenters. The van der Waals surface area contributed by atoms with Crippen LogP contribution in [0.25, 0.3) is 44.9 Å². The van der Waals surface area contributed by atoms with Crippen LogP contribution in [-0.2, 0) is 0 Å². The maximum Gasteiger partial charge on any atom is 0.123 e. The predicted octanol–water partition coefficient (Wildman–Crippen LogP) is 7.90. The number of halogens is 1. The molecule has 0 saturated carbocycles. The van der Waals surface area contributed by atoms with Gasteiger partial charge in [-0.15, -0.1) is 0 Å². The van der Waals surface area contributed by atoms with Crippen LogP contribution in [0.5, 0.6) is 0 Å². The van der Waals surface area contributed by atoms with Gasteiger partial charge in [-0.05, 0) is 55.3 Å². The maximum atomic E-state index is 13.8. The molecule has 0 fully saturated rings. The summed E-state index contributed by atoms with van der Waals surface area (Å²) in [7, 11) is 0. The Kier molecular flexibility index (Phi) is 5.54. The van der Waals surface area contributed by atoms with Gasteiger partial charge in [-0.1, -0.05) is 77.9 Å². The van der Waals surface area contributed by atoms with Crippen molar-refractivity contribution in [3.05, 3.63) is 120 Å². The minimum Gasteiger partial charge on any atom is -0.256 e. The minimum absolute atomic E-state index is 0.260. The Balaban J connectivity index is 1.85. The zero-order valence-electron chi connectivity index (χ0n) is 18.6. The Hall–Kier alpha value is -4.11. The van der Waals surface area contributed by atoms with Gasteiger partial charge in [0.2, 0.25) is 0 Å². The summed E-state index contributed by atoms with van der Waals surface area (Å²) in [5, 5.41) is 0. The van der Waals surface area contributed by atoms with Crippen molar-refractivity contribution in [1.82, 2.24) is 9.97 Å². The van der Waals surface area contributed by atoms with Gasteiger partial charge < -0.3 is 0 Å². The summed E-state index contributed by atoms with van der Waals surface area (Å²) in [4.78, 5) is 9.79. The molecule has 0 N–H and O–H groups in total. The van der Waals surface area contributed by atoms with Gasteiger partial charge in [-0.25, -0.2) is 9.37 Å². The van der Waals surface area contributed by atoms with Gasteiger partial charge in [0.05, 0.1) is 17.1 Å². The van der Waals surface area contributed by atoms with E-state index in [1.165, 1.54) is 23.3 Å². The molecule has 0 amide bonds. The molecule has 160 valence electrons. The first-order valence-corrected chi connectivity index (χ1v) is 10.9. The van der Waals surface area contributed by atoms with Crippen LogP contribution in [0, 0.1) is 19.7 Å². The van der Waals surface area contributed by atoms with Crippen LogP contribution in [0.3, 0.4) is 0 Å². The van der Waals surface area contributed by atoms with Crippen molar-refractivity contribution in [2.24, 2.45) is 0 Å². The first kappa shape index (κ1) is 20.8. The number of rotatable bonds is 4. The normalized spacial score (nSPS) is 10.9. The fourth-order valence-corrected chi connectivity index (χ4v) is 3.96. The number of aromatic nitrogens is 2. The fourth-order valence-electron chi connectivity index (χ4n) is 3.96. The Bertz CT molecular complexity index is 1320. The highest BCUT2D eigenvalue weighted by Gasteiger charge is 2.19. The second-order valence-corrected chi connectivity index (χ2v) is 8.23. The molecule has 2 nitrogen and oxygen atoms in total. The van der Waals surface area contributed by atoms with E-state index in [9.17, 15) is 4.39 Å². The van der Waals surface area contributed by atoms with Crippen LogP contribution in [0.2, 0.25) is 0 Å². The highest BCUT2D eigenvalue weighted by atomic mass is 19.1. The lowest BCUT2D eigenvalue weighted by Gasteiger charge is -2.17. The van der Waals surface area contributed by atoms with E-state index in [0.717, 1.165) is 44.9 Å². The van der Waals surface area contributed by atoms with Gasteiger partial charge >= 0.3 is 0 Å². The van der Waals surface area contributed by atoms with Crippen LogP contribution in [-0.4, -0.2) is 9.97 Å². The quantitative estimate of drug-likeness (QED) is 0.290. The minimum atomic E-state index is -0.260. The van der Waals surface area contributed by atoms with Crippen molar-refractivity contribution in [2.45, 2.75) is 13.8 Å². The van der Waals surface area contributed by atoms with Gasteiger partial charge in [0.15, 0.2) is 0 Å². The van der Waals surface area contributed by atoms with E-state index in [1.807, 2.05) is 30.3 Å². The van der Waals surface area contributed by atoms with E-state index in [2.05, 4.69) is 73.4 Å². The first-order chi connectivity index (χ1) is 16.1. The summed E-state index contributed by atoms with van der Waals surface area (Å²) in [6, 6.07) is 31.3. The second kappa shape index (κ2) is 8.79. The largest absolute Gasteiger partial charge is 0.256 e. The summed E-state index contributed by atoms with van der Waals surface area (Å²) in [5.41, 5.74) is 9.79. The van der Waals surface area contributed by atoms with Gasteiger partial charge in [-0.3, -0.25) is 4.98 Å². The third kappa shape index (κ3) is 4.31. The van der Waals surface area contributed by atoms with E-state index in [0.29, 0.717) is 0 Å². The number of hydrogen-bond acceptors (Lipinski definition) is 2. The summed E-state index contributed by atoms with van der Waals surface area (Å²) >= 11 is 0. The van der Waals surface area contributed by atoms with Gasteiger partial charge in [0, 0.05) is 22.9 Å². The Morgan fingerprint density at radius 1 is 0.606 bits per heavy atom. The maximum absolute atomic E-state index is 13.8. The SMILES string of the molecule is Cc1ccc(-c2cc(-c3ccc(F)cc3)c(-c3ccccn3)c(-c3ccc(C)cc3)n2)cc1. The number of aryl methyl sites for hydroxylation is 2. The number of hydrogen-bond donors (Lipinski definition) is 0. The Labute approximate surface area is 193 Å². The molecule has 0 aliphatic heterocycles. The molecule has 0 bridgehead atoms. The van der Waals surface area contributed by atoms with E-state index >= 15 is 0 Å². The van der Waals surface area contributed by atoms with E-state index in [-0.39, 0.29) is 5.82 Å². The van der Waals surface area contributed by atoms with Crippen LogP contribution >= 0.6 is 0 Å². The lowest BCUT2D eigenvalue weighted by Crippen LogP contribution is -1.98. The molecule has 3 heteroatoms. The molecule has 3 aromatic carbocycles. The molecule has 0 saturated heterocycles. The third-order valence-electron chi connectivity index (χ3n) is 5.77. The van der Waals surface area contributed by atoms with Crippen LogP contribution in [0.15, 0.2) is 103 Å². The lowest BCUT2D eigenvalue weighted by molar-refractivity contribution is 0.628. The molecular formula is C30H23FN2. The van der Waals surface area contributed by atoms with Crippen molar-refractivity contribution in [3.8, 4) is 44.9 Å². The summed E-state index contributed by atoms with van der Waals surface area (Å²) in [6.45, 7) is 4.15. The summed E-state index contributed by atoms with van der Waals surface area (Å²) in [5.74, 6) is -0.260. The van der Waals surface area contributed by atoms with Crippen molar-refractivity contribution < 1.29 is 4.39 Å². The Morgan fingerprint density at radius 3 is 1.82 bits per heavy atom. The molecular weight excluding hydrogens is 407 g/mol. The molecule has 5 aromatic rings. The zero-order valence-corrected chi connectivity index (χ0v) is 18.6. The number of pyridine rings is 2. The third-order valence-corrected chi connectivity index (χ3v) is 5.77. The van der Waals surface area contributed by atoms with E-state index in [4.69, 9.17) is 4.98 Å². The first-order valence-electron chi connectivity index (χ1n) is 10.9.